The molecule has 2 aromatic heterocycles. The number of aromatic nitrogens is 1. The van der Waals surface area contributed by atoms with E-state index < -0.39 is 0 Å². The van der Waals surface area contributed by atoms with E-state index in [1.165, 1.54) is 36.6 Å². The number of aryl methyl sites for hydroxylation is 1. The number of aliphatic hydroxyl groups is 1. The average Bonchev–Trinajstić information content (AvgIpc) is 3.25. The Morgan fingerprint density at radius 1 is 0.810 bits per heavy atom. The van der Waals surface area contributed by atoms with Gasteiger partial charge in [-0.2, -0.15) is 0 Å². The van der Waals surface area contributed by atoms with Gasteiger partial charge in [-0.3, -0.25) is 9.78 Å². The fourth-order valence-electron chi connectivity index (χ4n) is 4.43. The van der Waals surface area contributed by atoms with E-state index in [1.807, 2.05) is 12.1 Å². The molecular weight excluding hydrogens is 699 g/mol. The van der Waals surface area contributed by atoms with Crippen LogP contribution in [0.25, 0.3) is 33.7 Å². The van der Waals surface area contributed by atoms with Crippen LogP contribution in [0.2, 0.25) is 0 Å². The smallest absolute Gasteiger partial charge is 0.155 e. The van der Waals surface area contributed by atoms with Gasteiger partial charge in [0.1, 0.15) is 5.76 Å². The third-order valence-corrected chi connectivity index (χ3v) is 6.88. The normalized spacial score (nSPS) is 12.4. The summed E-state index contributed by atoms with van der Waals surface area (Å²) in [5.74, 6) is 0.798. The zero-order valence-corrected chi connectivity index (χ0v) is 29.6. The van der Waals surface area contributed by atoms with Crippen molar-refractivity contribution in [1.82, 2.24) is 4.98 Å². The van der Waals surface area contributed by atoms with Crippen molar-refractivity contribution in [2.75, 3.05) is 0 Å². The second-order valence-corrected chi connectivity index (χ2v) is 14.1. The van der Waals surface area contributed by atoms with Crippen molar-refractivity contribution in [2.24, 2.45) is 0 Å². The van der Waals surface area contributed by atoms with Gasteiger partial charge in [0.2, 0.25) is 0 Å². The van der Waals surface area contributed by atoms with Gasteiger partial charge in [0.15, 0.2) is 11.4 Å². The molecule has 0 aliphatic carbocycles. The van der Waals surface area contributed by atoms with Crippen LogP contribution in [0.3, 0.4) is 0 Å². The molecule has 0 aliphatic heterocycles. The molecule has 2 aromatic carbocycles. The van der Waals surface area contributed by atoms with Gasteiger partial charge >= 0.3 is 0 Å². The van der Waals surface area contributed by atoms with Crippen LogP contribution >= 0.6 is 0 Å². The number of fused-ring (bicyclic) bond motifs is 1. The molecule has 0 aliphatic rings. The molecule has 2 heterocycles. The van der Waals surface area contributed by atoms with Crippen molar-refractivity contribution in [3.05, 3.63) is 88.7 Å². The Morgan fingerprint density at radius 2 is 1.33 bits per heavy atom. The van der Waals surface area contributed by atoms with Crippen LogP contribution in [0.1, 0.15) is 98.4 Å². The van der Waals surface area contributed by atoms with E-state index in [1.54, 1.807) is 0 Å². The number of rotatable bonds is 3. The molecule has 0 spiro atoms. The molecule has 1 N–H and O–H groups in total. The maximum Gasteiger partial charge on any atom is 0.155 e. The Kier molecular flexibility index (Phi) is 11.0. The van der Waals surface area contributed by atoms with E-state index >= 15 is 0 Å². The number of benzene rings is 2. The van der Waals surface area contributed by atoms with E-state index in [0.29, 0.717) is 0 Å². The molecule has 0 amide bonds. The first-order valence-electron chi connectivity index (χ1n) is 14.2. The maximum atomic E-state index is 10.0. The van der Waals surface area contributed by atoms with Gasteiger partial charge in [-0.05, 0) is 65.1 Å². The van der Waals surface area contributed by atoms with Crippen molar-refractivity contribution in [2.45, 2.75) is 99.3 Å². The summed E-state index contributed by atoms with van der Waals surface area (Å²) in [6.45, 7) is 25.2. The molecule has 0 saturated carbocycles. The van der Waals surface area contributed by atoms with Crippen LogP contribution in [0, 0.1) is 13.0 Å². The van der Waals surface area contributed by atoms with E-state index in [4.69, 9.17) is 14.5 Å². The summed E-state index contributed by atoms with van der Waals surface area (Å²) in [6.07, 6.45) is 1.17. The monoisotopic (exact) mass is 745 g/mol. The molecule has 0 atom stereocenters. The quantitative estimate of drug-likeness (QED) is 0.129. The summed E-state index contributed by atoms with van der Waals surface area (Å²) in [4.78, 5) is 15.0. The minimum absolute atomic E-state index is 0. The molecule has 5 heteroatoms. The predicted molar refractivity (Wildman–Crippen MR) is 172 cm³/mol. The van der Waals surface area contributed by atoms with Crippen LogP contribution in [0.5, 0.6) is 0 Å². The molecule has 227 valence electrons. The first-order chi connectivity index (χ1) is 18.7. The molecule has 1 radical (unpaired) electrons. The second-order valence-electron chi connectivity index (χ2n) is 14.1. The molecule has 0 bridgehead atoms. The Hall–Kier alpha value is -3.01. The average molecular weight is 745 g/mol. The molecule has 4 aromatic rings. The summed E-state index contributed by atoms with van der Waals surface area (Å²) in [5, 5.41) is 8.36. The maximum absolute atomic E-state index is 10.0. The van der Waals surface area contributed by atoms with Crippen LogP contribution < -0.4 is 0 Å². The number of ketones is 1. The van der Waals surface area contributed by atoms with Gasteiger partial charge in [-0.15, -0.1) is 34.9 Å². The zero-order valence-electron chi connectivity index (χ0n) is 27.2. The molecular formula is C37H46IrNO3-. The number of furan rings is 1. The minimum Gasteiger partial charge on any atom is -0.512 e. The third kappa shape index (κ3) is 9.24. The van der Waals surface area contributed by atoms with Crippen molar-refractivity contribution < 1.29 is 34.4 Å². The summed E-state index contributed by atoms with van der Waals surface area (Å²) in [6, 6.07) is 20.9. The SMILES string of the molecule is CC(=O)/C=C(/C)O.Cc1[c-]c(-c2ccc3oc(-c4cc(C(C)(C)C)cc(C(C)(C)C)c4)cc3n2)cc(C(C)(C)C)c1.[Ir]. The largest absolute Gasteiger partial charge is 0.512 e. The Balaban J connectivity index is 0.000000687. The van der Waals surface area contributed by atoms with Crippen LogP contribution in [-0.4, -0.2) is 15.9 Å². The van der Waals surface area contributed by atoms with Crippen molar-refractivity contribution in [3.8, 4) is 22.6 Å². The van der Waals surface area contributed by atoms with Gasteiger partial charge in [-0.1, -0.05) is 81.4 Å². The third-order valence-electron chi connectivity index (χ3n) is 6.88. The zero-order chi connectivity index (χ0) is 30.9. The van der Waals surface area contributed by atoms with Crippen molar-refractivity contribution in [3.63, 3.8) is 0 Å². The summed E-state index contributed by atoms with van der Waals surface area (Å²) in [7, 11) is 0. The minimum atomic E-state index is -0.125. The molecule has 0 fully saturated rings. The summed E-state index contributed by atoms with van der Waals surface area (Å²) in [5.41, 5.74) is 9.97. The number of hydrogen-bond donors (Lipinski definition) is 1. The fourth-order valence-corrected chi connectivity index (χ4v) is 4.43. The standard InChI is InChI=1S/C32H38NO.C5H8O2.Ir/c1-20-13-21(15-23(14-20)30(2,3)4)26-11-12-28-27(33-26)19-29(34-28)22-16-24(31(5,6)7)18-25(17-22)32(8,9)10;1-4(6)3-5(2)7;/h11-12,14-19H,1-10H3;3,6H,1-2H3;/q-1;;/b;4-3-;. The van der Waals surface area contributed by atoms with E-state index in [2.05, 4.69) is 112 Å². The number of carbonyl (C=O) groups excluding carboxylic acids is 1. The van der Waals surface area contributed by atoms with Gasteiger partial charge in [0.25, 0.3) is 0 Å². The number of nitrogens with zero attached hydrogens (tertiary/aromatic N) is 1. The molecule has 0 saturated heterocycles. The van der Waals surface area contributed by atoms with Gasteiger partial charge in [0, 0.05) is 37.8 Å². The molecule has 4 rings (SSSR count). The number of carbonyl (C=O) groups is 1. The summed E-state index contributed by atoms with van der Waals surface area (Å²) >= 11 is 0. The first kappa shape index (κ1) is 35.2. The molecule has 42 heavy (non-hydrogen) atoms. The van der Waals surface area contributed by atoms with Gasteiger partial charge in [-0.25, -0.2) is 0 Å². The number of aliphatic hydroxyl groups excluding tert-OH is 1. The van der Waals surface area contributed by atoms with E-state index in [-0.39, 0.29) is 47.9 Å². The summed E-state index contributed by atoms with van der Waals surface area (Å²) < 4.78 is 6.31. The first-order valence-corrected chi connectivity index (χ1v) is 14.2. The van der Waals surface area contributed by atoms with Crippen molar-refractivity contribution in [1.29, 1.82) is 0 Å². The Bertz CT molecular complexity index is 1550. The Morgan fingerprint density at radius 3 is 1.79 bits per heavy atom. The van der Waals surface area contributed by atoms with Crippen LogP contribution in [0.4, 0.5) is 0 Å². The van der Waals surface area contributed by atoms with Crippen molar-refractivity contribution >= 4 is 16.9 Å². The van der Waals surface area contributed by atoms with E-state index in [0.717, 1.165) is 39.2 Å². The Labute approximate surface area is 266 Å². The fraction of sp³-hybridized carbons (Fsp3) is 0.405. The molecule has 0 unspecified atom stereocenters. The van der Waals surface area contributed by atoms with Crippen LogP contribution in [0.15, 0.2) is 64.8 Å². The van der Waals surface area contributed by atoms with E-state index in [9.17, 15) is 4.79 Å². The second kappa shape index (κ2) is 13.1. The van der Waals surface area contributed by atoms with Gasteiger partial charge in [0.05, 0.1) is 11.3 Å². The predicted octanol–water partition coefficient (Wildman–Crippen LogP) is 10.2. The van der Waals surface area contributed by atoms with Gasteiger partial charge < -0.3 is 9.52 Å². The molecule has 4 nitrogen and oxygen atoms in total. The number of allylic oxidation sites excluding steroid dienone is 2. The van der Waals surface area contributed by atoms with Crippen LogP contribution in [-0.2, 0) is 41.1 Å². The number of hydrogen-bond acceptors (Lipinski definition) is 4. The topological polar surface area (TPSA) is 63.3 Å². The number of pyridine rings is 1.